The first kappa shape index (κ1) is 39.6. The van der Waals surface area contributed by atoms with E-state index in [0.717, 1.165) is 100 Å². The molecule has 0 amide bonds. The standard InChI is InChI=1S/C64H44N4/c1-64(2)53-27-16-15-26-49(53)52-40-62(67-55-29-17-28-54(64)63(52)55)68-60-32-30-45(58-38-47(41-18-7-3-8-19-41)36-56(65-58)43-22-11-5-12-23-43)34-50(60)51-35-46(31-33-61(51)68)59-39-48(42-20-9-4-10-21-42)37-57(66-59)44-24-13-6-14-25-44/h3-40H,1-2H3. The van der Waals surface area contributed by atoms with Gasteiger partial charge in [-0.3, -0.25) is 4.57 Å². The van der Waals surface area contributed by atoms with Gasteiger partial charge in [0.2, 0.25) is 0 Å². The Kier molecular flexibility index (Phi) is 9.16. The zero-order valence-corrected chi connectivity index (χ0v) is 37.7. The van der Waals surface area contributed by atoms with Gasteiger partial charge in [0, 0.05) is 43.8 Å². The Labute approximate surface area is 395 Å². The lowest BCUT2D eigenvalue weighted by molar-refractivity contribution is 0.645. The molecule has 0 N–H and O–H groups in total. The number of fused-ring (bicyclic) bond motifs is 5. The van der Waals surface area contributed by atoms with E-state index in [1.54, 1.807) is 0 Å². The van der Waals surface area contributed by atoms with Gasteiger partial charge in [-0.15, -0.1) is 0 Å². The van der Waals surface area contributed by atoms with Crippen LogP contribution in [0.25, 0.3) is 117 Å². The third kappa shape index (κ3) is 6.56. The van der Waals surface area contributed by atoms with Crippen molar-refractivity contribution in [3.05, 3.63) is 242 Å². The first-order valence-corrected chi connectivity index (χ1v) is 23.3. The molecule has 8 aromatic carbocycles. The molecule has 68 heavy (non-hydrogen) atoms. The van der Waals surface area contributed by atoms with Crippen LogP contribution >= 0.6 is 0 Å². The van der Waals surface area contributed by atoms with Crippen LogP contribution in [0.5, 0.6) is 0 Å². The van der Waals surface area contributed by atoms with Crippen molar-refractivity contribution in [3.63, 3.8) is 0 Å². The molecule has 0 bridgehead atoms. The van der Waals surface area contributed by atoms with Crippen LogP contribution in [-0.4, -0.2) is 19.5 Å². The zero-order chi connectivity index (χ0) is 45.3. The Hall–Kier alpha value is -8.73. The summed E-state index contributed by atoms with van der Waals surface area (Å²) in [7, 11) is 0. The van der Waals surface area contributed by atoms with E-state index in [2.05, 4.69) is 249 Å². The number of rotatable bonds is 7. The van der Waals surface area contributed by atoms with Crippen molar-refractivity contribution in [3.8, 4) is 84.2 Å². The summed E-state index contributed by atoms with van der Waals surface area (Å²) < 4.78 is 2.36. The molecule has 0 spiro atoms. The molecule has 320 valence electrons. The summed E-state index contributed by atoms with van der Waals surface area (Å²) in [5.41, 5.74) is 20.5. The predicted molar refractivity (Wildman–Crippen MR) is 282 cm³/mol. The quantitative estimate of drug-likeness (QED) is 0.160. The van der Waals surface area contributed by atoms with Crippen LogP contribution in [0.2, 0.25) is 0 Å². The molecule has 12 aromatic rings. The highest BCUT2D eigenvalue weighted by molar-refractivity contribution is 6.12. The molecule has 13 rings (SSSR count). The maximum atomic E-state index is 5.54. The normalized spacial score (nSPS) is 12.7. The molecular formula is C64H44N4. The third-order valence-corrected chi connectivity index (χ3v) is 14.0. The minimum atomic E-state index is -0.162. The summed E-state index contributed by atoms with van der Waals surface area (Å²) >= 11 is 0. The summed E-state index contributed by atoms with van der Waals surface area (Å²) in [5.74, 6) is 0.880. The monoisotopic (exact) mass is 868 g/mol. The highest BCUT2D eigenvalue weighted by Crippen LogP contribution is 2.49. The average Bonchev–Trinajstić information content (AvgIpc) is 3.74. The second-order valence-electron chi connectivity index (χ2n) is 18.4. The number of benzene rings is 8. The van der Waals surface area contributed by atoms with Crippen LogP contribution in [0.3, 0.4) is 0 Å². The fourth-order valence-corrected chi connectivity index (χ4v) is 10.6. The van der Waals surface area contributed by atoms with E-state index in [1.807, 2.05) is 0 Å². The molecule has 0 aliphatic heterocycles. The summed E-state index contributed by atoms with van der Waals surface area (Å²) in [6, 6.07) is 82.4. The first-order valence-electron chi connectivity index (χ1n) is 23.3. The van der Waals surface area contributed by atoms with Crippen molar-refractivity contribution in [2.24, 2.45) is 0 Å². The fraction of sp³-hybridized carbons (Fsp3) is 0.0469. The van der Waals surface area contributed by atoms with E-state index >= 15 is 0 Å². The van der Waals surface area contributed by atoms with Gasteiger partial charge in [0.05, 0.1) is 39.3 Å². The lowest BCUT2D eigenvalue weighted by atomic mass is 9.69. The Morgan fingerprint density at radius 2 is 0.765 bits per heavy atom. The molecule has 4 heterocycles. The number of pyridine rings is 3. The van der Waals surface area contributed by atoms with Crippen molar-refractivity contribution in [2.45, 2.75) is 19.3 Å². The second kappa shape index (κ2) is 15.7. The molecule has 4 nitrogen and oxygen atoms in total. The fourth-order valence-electron chi connectivity index (χ4n) is 10.6. The van der Waals surface area contributed by atoms with Crippen molar-refractivity contribution >= 4 is 32.7 Å². The average molecular weight is 869 g/mol. The van der Waals surface area contributed by atoms with E-state index in [4.69, 9.17) is 15.0 Å². The zero-order valence-electron chi connectivity index (χ0n) is 37.7. The van der Waals surface area contributed by atoms with Crippen molar-refractivity contribution in [1.82, 2.24) is 19.5 Å². The summed E-state index contributed by atoms with van der Waals surface area (Å²) in [5, 5.41) is 3.45. The van der Waals surface area contributed by atoms with Crippen molar-refractivity contribution < 1.29 is 0 Å². The number of aromatic nitrogens is 4. The Bertz CT molecular complexity index is 3610. The number of hydrogen-bond acceptors (Lipinski definition) is 3. The lowest BCUT2D eigenvalue weighted by Crippen LogP contribution is -2.23. The molecular weight excluding hydrogens is 825 g/mol. The maximum absolute atomic E-state index is 5.54. The van der Waals surface area contributed by atoms with Gasteiger partial charge in [0.1, 0.15) is 5.82 Å². The lowest BCUT2D eigenvalue weighted by Gasteiger charge is -2.35. The smallest absolute Gasteiger partial charge is 0.138 e. The molecule has 1 aliphatic rings. The molecule has 0 fully saturated rings. The van der Waals surface area contributed by atoms with Gasteiger partial charge in [-0.25, -0.2) is 15.0 Å². The number of hydrogen-bond donors (Lipinski definition) is 0. The van der Waals surface area contributed by atoms with Gasteiger partial charge in [0.25, 0.3) is 0 Å². The molecule has 1 aliphatic carbocycles. The highest BCUT2D eigenvalue weighted by atomic mass is 15.1. The molecule has 0 saturated heterocycles. The van der Waals surface area contributed by atoms with Gasteiger partial charge < -0.3 is 0 Å². The summed E-state index contributed by atoms with van der Waals surface area (Å²) in [6.07, 6.45) is 0. The molecule has 4 heteroatoms. The largest absolute Gasteiger partial charge is 0.294 e. The van der Waals surface area contributed by atoms with E-state index in [-0.39, 0.29) is 5.41 Å². The van der Waals surface area contributed by atoms with Crippen molar-refractivity contribution in [1.29, 1.82) is 0 Å². The first-order chi connectivity index (χ1) is 33.4. The van der Waals surface area contributed by atoms with Crippen LogP contribution < -0.4 is 0 Å². The van der Waals surface area contributed by atoms with Crippen LogP contribution in [0, 0.1) is 0 Å². The highest BCUT2D eigenvalue weighted by Gasteiger charge is 2.34. The van der Waals surface area contributed by atoms with Gasteiger partial charge in [-0.2, -0.15) is 0 Å². The maximum Gasteiger partial charge on any atom is 0.138 e. The Balaban J connectivity index is 1.07. The minimum absolute atomic E-state index is 0.162. The summed E-state index contributed by atoms with van der Waals surface area (Å²) in [6.45, 7) is 4.67. The van der Waals surface area contributed by atoms with Crippen LogP contribution in [0.1, 0.15) is 25.0 Å². The second-order valence-corrected chi connectivity index (χ2v) is 18.4. The topological polar surface area (TPSA) is 43.6 Å². The Morgan fingerprint density at radius 3 is 1.28 bits per heavy atom. The van der Waals surface area contributed by atoms with Crippen LogP contribution in [0.4, 0.5) is 0 Å². The van der Waals surface area contributed by atoms with E-state index in [9.17, 15) is 0 Å². The van der Waals surface area contributed by atoms with Gasteiger partial charge >= 0.3 is 0 Å². The van der Waals surface area contributed by atoms with E-state index in [1.165, 1.54) is 27.6 Å². The summed E-state index contributed by atoms with van der Waals surface area (Å²) in [4.78, 5) is 16.3. The van der Waals surface area contributed by atoms with Gasteiger partial charge in [0.15, 0.2) is 0 Å². The van der Waals surface area contributed by atoms with E-state index < -0.39 is 0 Å². The number of nitrogens with zero attached hydrogens (tertiary/aromatic N) is 4. The molecule has 4 aromatic heterocycles. The Morgan fingerprint density at radius 1 is 0.324 bits per heavy atom. The van der Waals surface area contributed by atoms with E-state index in [0.29, 0.717) is 0 Å². The van der Waals surface area contributed by atoms with Crippen LogP contribution in [0.15, 0.2) is 231 Å². The van der Waals surface area contributed by atoms with Crippen molar-refractivity contribution in [2.75, 3.05) is 0 Å². The molecule has 0 unspecified atom stereocenters. The molecule has 0 saturated carbocycles. The SMILES string of the molecule is CC1(C)c2ccccc2-c2cc(-n3c4ccc(-c5cc(-c6ccccc6)cc(-c6ccccc6)n5)cc4c4cc(-c5cc(-c6ccccc6)cc(-c6ccccc6)n5)ccc43)nc3cccc1c23. The minimum Gasteiger partial charge on any atom is -0.294 e. The molecule has 0 radical (unpaired) electrons. The van der Waals surface area contributed by atoms with Gasteiger partial charge in [-0.05, 0) is 105 Å². The predicted octanol–water partition coefficient (Wildman–Crippen LogP) is 16.4. The third-order valence-electron chi connectivity index (χ3n) is 14.0. The van der Waals surface area contributed by atoms with Crippen LogP contribution in [-0.2, 0) is 5.41 Å². The molecule has 0 atom stereocenters. The van der Waals surface area contributed by atoms with Gasteiger partial charge in [-0.1, -0.05) is 184 Å².